The van der Waals surface area contributed by atoms with E-state index in [0.717, 1.165) is 12.8 Å². The van der Waals surface area contributed by atoms with E-state index in [2.05, 4.69) is 20.2 Å². The normalized spacial score (nSPS) is 19.6. The van der Waals surface area contributed by atoms with Crippen molar-refractivity contribution in [1.82, 2.24) is 25.1 Å². The highest BCUT2D eigenvalue weighted by molar-refractivity contribution is 5.93. The first-order valence-electron chi connectivity index (χ1n) is 8.58. The molecule has 2 aliphatic heterocycles. The number of anilines is 1. The van der Waals surface area contributed by atoms with E-state index in [0.29, 0.717) is 44.3 Å². The molecule has 0 aliphatic carbocycles. The van der Waals surface area contributed by atoms with Gasteiger partial charge in [-0.1, -0.05) is 0 Å². The number of morpholine rings is 1. The van der Waals surface area contributed by atoms with Crippen LogP contribution in [0.25, 0.3) is 0 Å². The zero-order valence-electron chi connectivity index (χ0n) is 14.2. The molecule has 1 spiro atoms. The molecular weight excluding hydrogens is 339 g/mol. The summed E-state index contributed by atoms with van der Waals surface area (Å²) in [5, 5.41) is 7.47. The van der Waals surface area contributed by atoms with Crippen LogP contribution in [0.4, 0.5) is 10.3 Å². The Labute approximate surface area is 150 Å². The first-order chi connectivity index (χ1) is 12.7. The number of carbonyl (C=O) groups excluding carboxylic acids is 1. The fourth-order valence-corrected chi connectivity index (χ4v) is 3.50. The number of hydrogen-bond donors (Lipinski definition) is 0. The molecule has 2 aromatic rings. The number of rotatable bonds is 2. The van der Waals surface area contributed by atoms with E-state index in [9.17, 15) is 9.18 Å². The van der Waals surface area contributed by atoms with Crippen molar-refractivity contribution in [3.05, 3.63) is 42.2 Å². The molecule has 0 unspecified atom stereocenters. The van der Waals surface area contributed by atoms with Gasteiger partial charge in [-0.15, -0.1) is 0 Å². The fourth-order valence-electron chi connectivity index (χ4n) is 3.50. The lowest BCUT2D eigenvalue weighted by atomic mass is 9.89. The molecule has 26 heavy (non-hydrogen) atoms. The van der Waals surface area contributed by atoms with Gasteiger partial charge in [-0.3, -0.25) is 4.79 Å². The van der Waals surface area contributed by atoms with Crippen LogP contribution in [0, 0.1) is 5.82 Å². The van der Waals surface area contributed by atoms with Gasteiger partial charge < -0.3 is 14.5 Å². The topological polar surface area (TPSA) is 84.3 Å². The lowest BCUT2D eigenvalue weighted by Gasteiger charge is -2.47. The monoisotopic (exact) mass is 358 g/mol. The number of aromatic nitrogens is 4. The number of amides is 1. The minimum Gasteiger partial charge on any atom is -0.371 e. The molecule has 4 heterocycles. The standard InChI is InChI=1S/C17H19FN6O2/c18-14-10-19-16(20-11-14)24-7-8-26-17(12-24)2-5-23(6-3-17)15(25)13-1-4-21-22-9-13/h1,4,9-11H,2-3,5-8,12H2. The SMILES string of the molecule is O=C(c1ccnnc1)N1CCC2(CC1)CN(c1ncc(F)cn1)CCO2. The average Bonchev–Trinajstić information content (AvgIpc) is 2.69. The number of nitrogens with zero attached hydrogens (tertiary/aromatic N) is 6. The Morgan fingerprint density at radius 3 is 2.58 bits per heavy atom. The molecule has 8 nitrogen and oxygen atoms in total. The van der Waals surface area contributed by atoms with Crippen LogP contribution < -0.4 is 4.90 Å². The maximum atomic E-state index is 13.0. The summed E-state index contributed by atoms with van der Waals surface area (Å²) in [6.07, 6.45) is 6.81. The van der Waals surface area contributed by atoms with Crippen molar-refractivity contribution in [1.29, 1.82) is 0 Å². The minimum atomic E-state index is -0.450. The number of piperidine rings is 1. The summed E-state index contributed by atoms with van der Waals surface area (Å²) < 4.78 is 19.1. The maximum Gasteiger partial charge on any atom is 0.255 e. The van der Waals surface area contributed by atoms with E-state index in [1.807, 2.05) is 9.80 Å². The zero-order valence-corrected chi connectivity index (χ0v) is 14.2. The number of carbonyl (C=O) groups is 1. The fraction of sp³-hybridized carbons (Fsp3) is 0.471. The van der Waals surface area contributed by atoms with Gasteiger partial charge in [0.1, 0.15) is 0 Å². The first-order valence-corrected chi connectivity index (χ1v) is 8.58. The van der Waals surface area contributed by atoms with E-state index in [-0.39, 0.29) is 11.5 Å². The molecule has 4 rings (SSSR count). The molecule has 2 saturated heterocycles. The second-order valence-electron chi connectivity index (χ2n) is 6.58. The summed E-state index contributed by atoms with van der Waals surface area (Å²) in [5.74, 6) is 0.0221. The molecule has 0 N–H and O–H groups in total. The summed E-state index contributed by atoms with van der Waals surface area (Å²) in [7, 11) is 0. The van der Waals surface area contributed by atoms with Crippen molar-refractivity contribution in [2.45, 2.75) is 18.4 Å². The lowest BCUT2D eigenvalue weighted by Crippen LogP contribution is -2.58. The van der Waals surface area contributed by atoms with Gasteiger partial charge in [-0.2, -0.15) is 10.2 Å². The quantitative estimate of drug-likeness (QED) is 0.789. The van der Waals surface area contributed by atoms with Gasteiger partial charge in [0.15, 0.2) is 5.82 Å². The predicted octanol–water partition coefficient (Wildman–Crippen LogP) is 0.917. The third-order valence-electron chi connectivity index (χ3n) is 4.93. The molecule has 1 amide bonds. The van der Waals surface area contributed by atoms with Crippen LogP contribution in [0.5, 0.6) is 0 Å². The van der Waals surface area contributed by atoms with Crippen LogP contribution in [0.1, 0.15) is 23.2 Å². The zero-order chi connectivity index (χ0) is 18.0. The van der Waals surface area contributed by atoms with Gasteiger partial charge in [0, 0.05) is 19.6 Å². The molecule has 136 valence electrons. The molecule has 0 atom stereocenters. The number of hydrogen-bond acceptors (Lipinski definition) is 7. The molecule has 2 aliphatic rings. The van der Waals surface area contributed by atoms with Crippen LogP contribution in [-0.4, -0.2) is 69.4 Å². The van der Waals surface area contributed by atoms with Gasteiger partial charge in [0.05, 0.1) is 49.1 Å². The third-order valence-corrected chi connectivity index (χ3v) is 4.93. The molecule has 0 bridgehead atoms. The number of halogens is 1. The molecule has 2 fully saturated rings. The summed E-state index contributed by atoms with van der Waals surface area (Å²) in [6.45, 7) is 3.08. The van der Waals surface area contributed by atoms with Crippen molar-refractivity contribution < 1.29 is 13.9 Å². The van der Waals surface area contributed by atoms with Crippen LogP contribution in [0.3, 0.4) is 0 Å². The Morgan fingerprint density at radius 2 is 1.88 bits per heavy atom. The second-order valence-corrected chi connectivity index (χ2v) is 6.58. The maximum absolute atomic E-state index is 13.0. The highest BCUT2D eigenvalue weighted by Crippen LogP contribution is 2.31. The molecule has 0 saturated carbocycles. The minimum absolute atomic E-state index is 0.0377. The summed E-state index contributed by atoms with van der Waals surface area (Å²) >= 11 is 0. The van der Waals surface area contributed by atoms with Gasteiger partial charge in [0.25, 0.3) is 5.91 Å². The summed E-state index contributed by atoms with van der Waals surface area (Å²) in [4.78, 5) is 24.5. The average molecular weight is 358 g/mol. The van der Waals surface area contributed by atoms with Crippen molar-refractivity contribution in [2.75, 3.05) is 37.7 Å². The van der Waals surface area contributed by atoms with Gasteiger partial charge in [-0.25, -0.2) is 14.4 Å². The lowest BCUT2D eigenvalue weighted by molar-refractivity contribution is -0.0872. The largest absolute Gasteiger partial charge is 0.371 e. The molecule has 0 aromatic carbocycles. The van der Waals surface area contributed by atoms with E-state index in [1.54, 1.807) is 6.07 Å². The molecular formula is C17H19FN6O2. The Hall–Kier alpha value is -2.68. The van der Waals surface area contributed by atoms with Crippen molar-refractivity contribution in [3.8, 4) is 0 Å². The van der Waals surface area contributed by atoms with E-state index in [1.165, 1.54) is 24.8 Å². The van der Waals surface area contributed by atoms with Crippen LogP contribution in [-0.2, 0) is 4.74 Å². The van der Waals surface area contributed by atoms with Crippen LogP contribution in [0.15, 0.2) is 30.9 Å². The highest BCUT2D eigenvalue weighted by atomic mass is 19.1. The van der Waals surface area contributed by atoms with Crippen molar-refractivity contribution >= 4 is 11.9 Å². The second kappa shape index (κ2) is 6.91. The Balaban J connectivity index is 1.41. The smallest absolute Gasteiger partial charge is 0.255 e. The Kier molecular flexibility index (Phi) is 4.46. The third kappa shape index (κ3) is 3.34. The number of ether oxygens (including phenoxy) is 1. The van der Waals surface area contributed by atoms with Gasteiger partial charge in [0.2, 0.25) is 5.95 Å². The molecule has 2 aromatic heterocycles. The van der Waals surface area contributed by atoms with Crippen LogP contribution >= 0.6 is 0 Å². The molecule has 0 radical (unpaired) electrons. The predicted molar refractivity (Wildman–Crippen MR) is 90.1 cm³/mol. The van der Waals surface area contributed by atoms with E-state index >= 15 is 0 Å². The summed E-state index contributed by atoms with van der Waals surface area (Å²) in [5.41, 5.74) is 0.213. The van der Waals surface area contributed by atoms with E-state index < -0.39 is 5.82 Å². The Bertz CT molecular complexity index is 765. The Morgan fingerprint density at radius 1 is 1.12 bits per heavy atom. The molecule has 9 heteroatoms. The van der Waals surface area contributed by atoms with Crippen molar-refractivity contribution in [3.63, 3.8) is 0 Å². The van der Waals surface area contributed by atoms with Crippen molar-refractivity contribution in [2.24, 2.45) is 0 Å². The van der Waals surface area contributed by atoms with Crippen LogP contribution in [0.2, 0.25) is 0 Å². The van der Waals surface area contributed by atoms with Gasteiger partial charge >= 0.3 is 0 Å². The highest BCUT2D eigenvalue weighted by Gasteiger charge is 2.41. The summed E-state index contributed by atoms with van der Waals surface area (Å²) in [6, 6.07) is 1.67. The number of likely N-dealkylation sites (tertiary alicyclic amines) is 1. The first kappa shape index (κ1) is 16.8. The van der Waals surface area contributed by atoms with Gasteiger partial charge in [-0.05, 0) is 18.9 Å². The van der Waals surface area contributed by atoms with E-state index in [4.69, 9.17) is 4.74 Å².